The monoisotopic (exact) mass is 295 g/mol. The van der Waals surface area contributed by atoms with Gasteiger partial charge in [0.1, 0.15) is 4.99 Å². The zero-order chi connectivity index (χ0) is 11.7. The van der Waals surface area contributed by atoms with Crippen molar-refractivity contribution >= 4 is 33.1 Å². The number of hydrogen-bond donors (Lipinski definition) is 1. The van der Waals surface area contributed by atoms with Gasteiger partial charge in [-0.05, 0) is 47.1 Å². The van der Waals surface area contributed by atoms with Crippen LogP contribution in [0.25, 0.3) is 5.69 Å². The van der Waals surface area contributed by atoms with Crippen LogP contribution in [0.15, 0.2) is 34.9 Å². The van der Waals surface area contributed by atoms with E-state index in [1.165, 1.54) is 0 Å². The minimum atomic E-state index is 0.384. The molecule has 16 heavy (non-hydrogen) atoms. The average molecular weight is 296 g/mol. The van der Waals surface area contributed by atoms with Crippen LogP contribution in [0.1, 0.15) is 11.3 Å². The number of thiocarbonyl (C=S) groups is 1. The summed E-state index contributed by atoms with van der Waals surface area (Å²) in [6.45, 7) is 1.95. The van der Waals surface area contributed by atoms with Gasteiger partial charge in [-0.15, -0.1) is 0 Å². The van der Waals surface area contributed by atoms with Crippen molar-refractivity contribution in [2.24, 2.45) is 5.73 Å². The molecule has 0 saturated carbocycles. The summed E-state index contributed by atoms with van der Waals surface area (Å²) in [5, 5.41) is 4.33. The van der Waals surface area contributed by atoms with Gasteiger partial charge >= 0.3 is 0 Å². The molecular weight excluding hydrogens is 286 g/mol. The summed E-state index contributed by atoms with van der Waals surface area (Å²) >= 11 is 8.38. The predicted molar refractivity (Wildman–Crippen MR) is 71.9 cm³/mol. The Hall–Kier alpha value is -1.20. The first-order chi connectivity index (χ1) is 7.58. The summed E-state index contributed by atoms with van der Waals surface area (Å²) < 4.78 is 2.69. The van der Waals surface area contributed by atoms with Gasteiger partial charge < -0.3 is 5.73 Å². The fourth-order valence-corrected chi connectivity index (χ4v) is 2.29. The summed E-state index contributed by atoms with van der Waals surface area (Å²) in [7, 11) is 0. The molecule has 2 N–H and O–H groups in total. The molecule has 3 nitrogen and oxygen atoms in total. The summed E-state index contributed by atoms with van der Waals surface area (Å²) in [4.78, 5) is 0.384. The quantitative estimate of drug-likeness (QED) is 0.866. The Kier molecular flexibility index (Phi) is 3.07. The Morgan fingerprint density at radius 2 is 2.19 bits per heavy atom. The van der Waals surface area contributed by atoms with E-state index in [1.54, 1.807) is 0 Å². The third-order valence-corrected chi connectivity index (χ3v) is 3.08. The van der Waals surface area contributed by atoms with E-state index in [-0.39, 0.29) is 0 Å². The molecule has 82 valence electrons. The second-order valence-electron chi connectivity index (χ2n) is 3.43. The lowest BCUT2D eigenvalue weighted by Gasteiger charge is -2.06. The van der Waals surface area contributed by atoms with Crippen LogP contribution >= 0.6 is 28.1 Å². The Balaban J connectivity index is 2.45. The highest BCUT2D eigenvalue weighted by atomic mass is 79.9. The standard InChI is InChI=1S/C11H10BrN3S/c1-7-4-5-15(14-7)8-2-3-9(11(13)16)10(12)6-8/h2-6H,1H3,(H2,13,16). The first-order valence-electron chi connectivity index (χ1n) is 4.70. The molecule has 0 spiro atoms. The highest BCUT2D eigenvalue weighted by Crippen LogP contribution is 2.20. The molecular formula is C11H10BrN3S. The Bertz CT molecular complexity index is 548. The molecule has 0 aliphatic heterocycles. The Morgan fingerprint density at radius 1 is 1.44 bits per heavy atom. The second-order valence-corrected chi connectivity index (χ2v) is 4.72. The summed E-state index contributed by atoms with van der Waals surface area (Å²) in [5.74, 6) is 0. The zero-order valence-corrected chi connectivity index (χ0v) is 11.0. The number of benzene rings is 1. The highest BCUT2D eigenvalue weighted by molar-refractivity contribution is 9.10. The van der Waals surface area contributed by atoms with E-state index in [0.717, 1.165) is 21.4 Å². The number of hydrogen-bond acceptors (Lipinski definition) is 2. The molecule has 0 aliphatic rings. The highest BCUT2D eigenvalue weighted by Gasteiger charge is 2.05. The van der Waals surface area contributed by atoms with Gasteiger partial charge in [-0.1, -0.05) is 12.2 Å². The lowest BCUT2D eigenvalue weighted by atomic mass is 10.2. The maximum Gasteiger partial charge on any atom is 0.105 e. The van der Waals surface area contributed by atoms with Crippen molar-refractivity contribution < 1.29 is 0 Å². The maximum absolute atomic E-state index is 5.59. The minimum absolute atomic E-state index is 0.384. The van der Waals surface area contributed by atoms with E-state index >= 15 is 0 Å². The zero-order valence-electron chi connectivity index (χ0n) is 8.64. The summed E-state index contributed by atoms with van der Waals surface area (Å²) in [5.41, 5.74) is 8.38. The third-order valence-electron chi connectivity index (χ3n) is 2.21. The predicted octanol–water partition coefficient (Wildman–Crippen LogP) is 2.58. The van der Waals surface area contributed by atoms with Gasteiger partial charge in [-0.25, -0.2) is 4.68 Å². The SMILES string of the molecule is Cc1ccn(-c2ccc(C(N)=S)c(Br)c2)n1. The van der Waals surface area contributed by atoms with Crippen molar-refractivity contribution in [2.45, 2.75) is 6.92 Å². The van der Waals surface area contributed by atoms with E-state index in [1.807, 2.05) is 42.1 Å². The van der Waals surface area contributed by atoms with Gasteiger partial charge in [0, 0.05) is 16.2 Å². The van der Waals surface area contributed by atoms with E-state index in [4.69, 9.17) is 18.0 Å². The molecule has 0 radical (unpaired) electrons. The largest absolute Gasteiger partial charge is 0.389 e. The number of halogens is 1. The fraction of sp³-hybridized carbons (Fsp3) is 0.0909. The van der Waals surface area contributed by atoms with Crippen molar-refractivity contribution in [3.63, 3.8) is 0 Å². The van der Waals surface area contributed by atoms with Crippen LogP contribution in [0.5, 0.6) is 0 Å². The summed E-state index contributed by atoms with van der Waals surface area (Å²) in [6, 6.07) is 7.72. The molecule has 0 aliphatic carbocycles. The molecule has 2 aromatic rings. The summed E-state index contributed by atoms with van der Waals surface area (Å²) in [6.07, 6.45) is 1.91. The molecule has 2 rings (SSSR count). The van der Waals surface area contributed by atoms with Crippen molar-refractivity contribution in [3.8, 4) is 5.69 Å². The first kappa shape index (κ1) is 11.3. The van der Waals surface area contributed by atoms with Crippen molar-refractivity contribution in [3.05, 3.63) is 46.2 Å². The molecule has 1 aromatic carbocycles. The van der Waals surface area contributed by atoms with Gasteiger partial charge in [0.15, 0.2) is 0 Å². The van der Waals surface area contributed by atoms with Crippen molar-refractivity contribution in [1.29, 1.82) is 0 Å². The van der Waals surface area contributed by atoms with Crippen molar-refractivity contribution in [2.75, 3.05) is 0 Å². The number of rotatable bonds is 2. The van der Waals surface area contributed by atoms with Crippen LogP contribution in [0, 0.1) is 6.92 Å². The smallest absolute Gasteiger partial charge is 0.105 e. The van der Waals surface area contributed by atoms with Crippen LogP contribution in [0.2, 0.25) is 0 Å². The van der Waals surface area contributed by atoms with Crippen molar-refractivity contribution in [1.82, 2.24) is 9.78 Å². The molecule has 0 unspecified atom stereocenters. The van der Waals surface area contributed by atoms with Crippen LogP contribution in [0.4, 0.5) is 0 Å². The Labute approximate surface area is 107 Å². The Morgan fingerprint density at radius 3 is 2.69 bits per heavy atom. The van der Waals surface area contributed by atoms with Gasteiger partial charge in [-0.2, -0.15) is 5.10 Å². The maximum atomic E-state index is 5.59. The van der Waals surface area contributed by atoms with Gasteiger partial charge in [0.2, 0.25) is 0 Å². The lowest BCUT2D eigenvalue weighted by Crippen LogP contribution is -2.10. The van der Waals surface area contributed by atoms with E-state index < -0.39 is 0 Å². The van der Waals surface area contributed by atoms with Gasteiger partial charge in [0.25, 0.3) is 0 Å². The number of nitrogens with zero attached hydrogens (tertiary/aromatic N) is 2. The fourth-order valence-electron chi connectivity index (χ4n) is 1.41. The number of aromatic nitrogens is 2. The molecule has 1 heterocycles. The van der Waals surface area contributed by atoms with E-state index in [2.05, 4.69) is 21.0 Å². The molecule has 0 bridgehead atoms. The normalized spacial score (nSPS) is 10.4. The molecule has 5 heteroatoms. The van der Waals surface area contributed by atoms with E-state index in [0.29, 0.717) is 4.99 Å². The molecule has 0 amide bonds. The lowest BCUT2D eigenvalue weighted by molar-refractivity contribution is 0.862. The second kappa shape index (κ2) is 4.35. The minimum Gasteiger partial charge on any atom is -0.389 e. The average Bonchev–Trinajstić information content (AvgIpc) is 2.64. The van der Waals surface area contributed by atoms with Gasteiger partial charge in [-0.3, -0.25) is 0 Å². The van der Waals surface area contributed by atoms with Crippen LogP contribution in [-0.4, -0.2) is 14.8 Å². The van der Waals surface area contributed by atoms with Crippen LogP contribution < -0.4 is 5.73 Å². The van der Waals surface area contributed by atoms with Crippen LogP contribution in [0.3, 0.4) is 0 Å². The molecule has 0 saturated heterocycles. The third kappa shape index (κ3) is 2.15. The topological polar surface area (TPSA) is 43.8 Å². The van der Waals surface area contributed by atoms with Gasteiger partial charge in [0.05, 0.1) is 11.4 Å². The molecule has 1 aromatic heterocycles. The number of nitrogens with two attached hydrogens (primary N) is 1. The van der Waals surface area contributed by atoms with E-state index in [9.17, 15) is 0 Å². The van der Waals surface area contributed by atoms with Crippen LogP contribution in [-0.2, 0) is 0 Å². The first-order valence-corrected chi connectivity index (χ1v) is 5.90. The number of aryl methyl sites for hydroxylation is 1. The molecule has 0 fully saturated rings. The molecule has 0 atom stereocenters.